The van der Waals surface area contributed by atoms with Crippen molar-refractivity contribution in [3.05, 3.63) is 34.9 Å². The number of rotatable bonds is 6. The monoisotopic (exact) mass is 258 g/mol. The Kier molecular flexibility index (Phi) is 5.71. The van der Waals surface area contributed by atoms with E-state index >= 15 is 0 Å². The van der Waals surface area contributed by atoms with E-state index in [1.165, 1.54) is 0 Å². The topological polar surface area (TPSA) is 34.1 Å². The zero-order valence-electron chi connectivity index (χ0n) is 9.24. The summed E-state index contributed by atoms with van der Waals surface area (Å²) in [5.41, 5.74) is 0.467. The second kappa shape index (κ2) is 6.81. The van der Waals surface area contributed by atoms with Gasteiger partial charge in [0.1, 0.15) is 0 Å². The molecule has 88 valence electrons. The molecule has 0 spiro atoms. The van der Waals surface area contributed by atoms with Gasteiger partial charge in [-0.2, -0.15) is 0 Å². The van der Waals surface area contributed by atoms with Gasteiger partial charge in [-0.1, -0.05) is 37.1 Å². The Morgan fingerprint density at radius 3 is 2.69 bits per heavy atom. The minimum Gasteiger partial charge on any atom is -0.293 e. The highest BCUT2D eigenvalue weighted by molar-refractivity contribution is 7.85. The normalized spacial score (nSPS) is 12.4. The summed E-state index contributed by atoms with van der Waals surface area (Å²) in [4.78, 5) is 11.8. The van der Waals surface area contributed by atoms with Gasteiger partial charge in [0.2, 0.25) is 0 Å². The molecule has 0 fully saturated rings. The number of benzene rings is 1. The second-order valence-corrected chi connectivity index (χ2v) is 5.53. The van der Waals surface area contributed by atoms with Crippen molar-refractivity contribution in [2.24, 2.45) is 0 Å². The second-order valence-electron chi connectivity index (χ2n) is 3.54. The zero-order chi connectivity index (χ0) is 12.0. The molecule has 0 saturated carbocycles. The molecule has 0 bridgehead atoms. The zero-order valence-corrected chi connectivity index (χ0v) is 10.8. The molecule has 0 aromatic heterocycles. The van der Waals surface area contributed by atoms with Gasteiger partial charge in [-0.05, 0) is 18.6 Å². The molecule has 0 radical (unpaired) electrons. The van der Waals surface area contributed by atoms with Crippen LogP contribution in [-0.4, -0.2) is 21.5 Å². The Morgan fingerprint density at radius 1 is 1.38 bits per heavy atom. The van der Waals surface area contributed by atoms with Crippen LogP contribution in [0.25, 0.3) is 0 Å². The van der Waals surface area contributed by atoms with Gasteiger partial charge < -0.3 is 0 Å². The molecule has 0 aliphatic rings. The van der Waals surface area contributed by atoms with E-state index in [0.717, 1.165) is 12.8 Å². The number of carbonyl (C=O) groups excluding carboxylic acids is 1. The van der Waals surface area contributed by atoms with Gasteiger partial charge in [-0.15, -0.1) is 0 Å². The highest BCUT2D eigenvalue weighted by Crippen LogP contribution is 2.15. The van der Waals surface area contributed by atoms with E-state index in [1.807, 2.05) is 6.92 Å². The van der Waals surface area contributed by atoms with Crippen LogP contribution in [0, 0.1) is 0 Å². The Hall–Kier alpha value is -0.670. The molecule has 0 amide bonds. The lowest BCUT2D eigenvalue weighted by Gasteiger charge is -2.03. The average Bonchev–Trinajstić information content (AvgIpc) is 2.26. The molecule has 0 N–H and O–H groups in total. The molecule has 0 heterocycles. The molecule has 1 aromatic carbocycles. The summed E-state index contributed by atoms with van der Waals surface area (Å²) in [5, 5.41) is 0.431. The predicted molar refractivity (Wildman–Crippen MR) is 68.6 cm³/mol. The smallest absolute Gasteiger partial charge is 0.176 e. The standard InChI is InChI=1S/C12H15ClO2S/c1-2-3-8-16(15)9-12(14)10-6-4-5-7-11(10)13/h4-7H,2-3,8-9H2,1H3. The van der Waals surface area contributed by atoms with Crippen LogP contribution in [0.2, 0.25) is 5.02 Å². The minimum atomic E-state index is -1.07. The fraction of sp³-hybridized carbons (Fsp3) is 0.417. The molecule has 2 nitrogen and oxygen atoms in total. The summed E-state index contributed by atoms with van der Waals surface area (Å²) in [6.45, 7) is 2.03. The summed E-state index contributed by atoms with van der Waals surface area (Å²) >= 11 is 5.89. The van der Waals surface area contributed by atoms with Crippen molar-refractivity contribution in [3.63, 3.8) is 0 Å². The van der Waals surface area contributed by atoms with Gasteiger partial charge in [0, 0.05) is 22.1 Å². The summed E-state index contributed by atoms with van der Waals surface area (Å²) in [5.74, 6) is 0.524. The molecule has 0 saturated heterocycles. The third kappa shape index (κ3) is 4.06. The van der Waals surface area contributed by atoms with E-state index in [9.17, 15) is 9.00 Å². The van der Waals surface area contributed by atoms with E-state index < -0.39 is 10.8 Å². The lowest BCUT2D eigenvalue weighted by atomic mass is 10.1. The molecule has 4 heteroatoms. The van der Waals surface area contributed by atoms with Crippen LogP contribution in [0.5, 0.6) is 0 Å². The molecule has 1 atom stereocenters. The number of carbonyl (C=O) groups is 1. The summed E-state index contributed by atoms with van der Waals surface area (Å²) in [6.07, 6.45) is 1.88. The van der Waals surface area contributed by atoms with Crippen LogP contribution in [-0.2, 0) is 10.8 Å². The lowest BCUT2D eigenvalue weighted by Crippen LogP contribution is -2.13. The predicted octanol–water partition coefficient (Wildman–Crippen LogP) is 3.07. The van der Waals surface area contributed by atoms with Gasteiger partial charge >= 0.3 is 0 Å². The maximum atomic E-state index is 11.8. The first kappa shape index (κ1) is 13.4. The van der Waals surface area contributed by atoms with Crippen molar-refractivity contribution < 1.29 is 9.00 Å². The van der Waals surface area contributed by atoms with Crippen molar-refractivity contribution in [2.75, 3.05) is 11.5 Å². The minimum absolute atomic E-state index is 0.0731. The van der Waals surface area contributed by atoms with Crippen molar-refractivity contribution in [3.8, 4) is 0 Å². The average molecular weight is 259 g/mol. The molecule has 0 aliphatic heterocycles. The number of ketones is 1. The van der Waals surface area contributed by atoms with Gasteiger partial charge in [0.15, 0.2) is 5.78 Å². The lowest BCUT2D eigenvalue weighted by molar-refractivity contribution is 0.102. The number of unbranched alkanes of at least 4 members (excludes halogenated alkanes) is 1. The van der Waals surface area contributed by atoms with Gasteiger partial charge in [0.25, 0.3) is 0 Å². The molecule has 16 heavy (non-hydrogen) atoms. The van der Waals surface area contributed by atoms with Crippen LogP contribution >= 0.6 is 11.6 Å². The SMILES string of the molecule is CCCCS(=O)CC(=O)c1ccccc1Cl. The highest BCUT2D eigenvalue weighted by atomic mass is 35.5. The number of hydrogen-bond acceptors (Lipinski definition) is 2. The van der Waals surface area contributed by atoms with Crippen LogP contribution in [0.3, 0.4) is 0 Å². The molecule has 1 aromatic rings. The van der Waals surface area contributed by atoms with Crippen molar-refractivity contribution in [2.45, 2.75) is 19.8 Å². The van der Waals surface area contributed by atoms with E-state index in [-0.39, 0.29) is 11.5 Å². The van der Waals surface area contributed by atoms with E-state index in [1.54, 1.807) is 24.3 Å². The maximum absolute atomic E-state index is 11.8. The first-order valence-electron chi connectivity index (χ1n) is 5.28. The molecule has 0 aliphatic carbocycles. The van der Waals surface area contributed by atoms with Gasteiger partial charge in [-0.3, -0.25) is 9.00 Å². The Bertz CT molecular complexity index is 390. The van der Waals surface area contributed by atoms with Crippen LogP contribution in [0.4, 0.5) is 0 Å². The van der Waals surface area contributed by atoms with E-state index in [0.29, 0.717) is 16.3 Å². The van der Waals surface area contributed by atoms with Crippen molar-refractivity contribution >= 4 is 28.2 Å². The van der Waals surface area contributed by atoms with Crippen LogP contribution in [0.1, 0.15) is 30.1 Å². The third-order valence-corrected chi connectivity index (χ3v) is 3.85. The summed E-state index contributed by atoms with van der Waals surface area (Å²) in [6, 6.07) is 6.87. The number of Topliss-reactive ketones (excluding diaryl/α,β-unsaturated/α-hetero) is 1. The summed E-state index contributed by atoms with van der Waals surface area (Å²) in [7, 11) is -1.07. The molecular formula is C12H15ClO2S. The van der Waals surface area contributed by atoms with Crippen molar-refractivity contribution in [1.29, 1.82) is 0 Å². The number of hydrogen-bond donors (Lipinski definition) is 0. The van der Waals surface area contributed by atoms with E-state index in [4.69, 9.17) is 11.6 Å². The Morgan fingerprint density at radius 2 is 2.06 bits per heavy atom. The first-order chi connectivity index (χ1) is 7.65. The van der Waals surface area contributed by atoms with Gasteiger partial charge in [0.05, 0.1) is 10.8 Å². The molecule has 1 unspecified atom stereocenters. The van der Waals surface area contributed by atoms with Crippen molar-refractivity contribution in [1.82, 2.24) is 0 Å². The van der Waals surface area contributed by atoms with Gasteiger partial charge in [-0.25, -0.2) is 0 Å². The summed E-state index contributed by atoms with van der Waals surface area (Å²) < 4.78 is 11.5. The largest absolute Gasteiger partial charge is 0.293 e. The van der Waals surface area contributed by atoms with Crippen LogP contribution in [0.15, 0.2) is 24.3 Å². The number of halogens is 1. The van der Waals surface area contributed by atoms with Crippen LogP contribution < -0.4 is 0 Å². The van der Waals surface area contributed by atoms with E-state index in [2.05, 4.69) is 0 Å². The molecular weight excluding hydrogens is 244 g/mol. The Labute approximate surface area is 103 Å². The molecule has 1 rings (SSSR count). The fourth-order valence-electron chi connectivity index (χ4n) is 1.29. The first-order valence-corrected chi connectivity index (χ1v) is 7.14. The fourth-order valence-corrected chi connectivity index (χ4v) is 2.73. The maximum Gasteiger partial charge on any atom is 0.176 e. The highest BCUT2D eigenvalue weighted by Gasteiger charge is 2.12. The quantitative estimate of drug-likeness (QED) is 0.735. The third-order valence-electron chi connectivity index (χ3n) is 2.19. The Balaban J connectivity index is 2.59.